The molecule has 0 bridgehead atoms. The number of hydrogen-bond acceptors (Lipinski definition) is 3. The van der Waals surface area contributed by atoms with Gasteiger partial charge in [0.25, 0.3) is 5.91 Å². The first-order valence-corrected chi connectivity index (χ1v) is 11.3. The number of hydrogen-bond donors (Lipinski definition) is 2. The van der Waals surface area contributed by atoms with Crippen LogP contribution in [0.4, 0.5) is 5.82 Å². The summed E-state index contributed by atoms with van der Waals surface area (Å²) >= 11 is 3.44. The zero-order valence-electron chi connectivity index (χ0n) is 17.2. The molecule has 158 valence electrons. The van der Waals surface area contributed by atoms with Gasteiger partial charge in [0.2, 0.25) is 5.91 Å². The second kappa shape index (κ2) is 7.96. The second-order valence-corrected chi connectivity index (χ2v) is 9.26. The molecule has 0 spiro atoms. The Bertz CT molecular complexity index is 1210. The lowest BCUT2D eigenvalue weighted by molar-refractivity contribution is -0.117. The summed E-state index contributed by atoms with van der Waals surface area (Å²) in [4.78, 5) is 34.8. The van der Waals surface area contributed by atoms with Gasteiger partial charge in [0.15, 0.2) is 0 Å². The predicted octanol–water partition coefficient (Wildman–Crippen LogP) is 4.85. The van der Waals surface area contributed by atoms with E-state index in [2.05, 4.69) is 44.2 Å². The number of rotatable bonds is 4. The van der Waals surface area contributed by atoms with Gasteiger partial charge in [0, 0.05) is 40.6 Å². The summed E-state index contributed by atoms with van der Waals surface area (Å²) in [6.45, 7) is 3.31. The molecule has 31 heavy (non-hydrogen) atoms. The molecule has 0 radical (unpaired) electrons. The average Bonchev–Trinajstić information content (AvgIpc) is 3.51. The first-order chi connectivity index (χ1) is 15.0. The lowest BCUT2D eigenvalue weighted by atomic mass is 9.89. The van der Waals surface area contributed by atoms with Crippen LogP contribution < -0.4 is 5.32 Å². The molecule has 1 saturated carbocycles. The topological polar surface area (TPSA) is 78.1 Å². The quantitative estimate of drug-likeness (QED) is 0.562. The number of benzene rings is 1. The van der Waals surface area contributed by atoms with E-state index in [1.165, 1.54) is 5.57 Å². The maximum absolute atomic E-state index is 13.0. The van der Waals surface area contributed by atoms with Gasteiger partial charge in [-0.2, -0.15) is 0 Å². The van der Waals surface area contributed by atoms with Gasteiger partial charge in [-0.15, -0.1) is 0 Å². The molecular weight excluding hydrogens is 456 g/mol. The molecule has 1 aliphatic heterocycles. The van der Waals surface area contributed by atoms with Crippen LogP contribution in [0.25, 0.3) is 16.6 Å². The maximum Gasteiger partial charge on any atom is 0.254 e. The van der Waals surface area contributed by atoms with Crippen LogP contribution in [0.15, 0.2) is 53.1 Å². The number of anilines is 1. The zero-order valence-corrected chi connectivity index (χ0v) is 18.8. The van der Waals surface area contributed by atoms with Crippen LogP contribution in [0.3, 0.4) is 0 Å². The monoisotopic (exact) mass is 478 g/mol. The molecule has 2 N–H and O–H groups in total. The van der Waals surface area contributed by atoms with Crippen LogP contribution in [-0.4, -0.2) is 39.8 Å². The number of aromatic amines is 1. The standard InChI is InChI=1S/C24H23BrN4O2/c1-14-13-29(24(31)16-3-2-4-17(25)11-16)10-8-18(14)20-12-21(28-23(30)15-5-6-15)27-22-19(20)7-9-26-22/h2-4,7-9,11-12,14-15H,5-6,10,13H2,1H3,(H2,26,27,28,30)/t14-/m1/s1. The number of pyridine rings is 1. The van der Waals surface area contributed by atoms with Crippen LogP contribution in [0.5, 0.6) is 0 Å². The summed E-state index contributed by atoms with van der Waals surface area (Å²) in [6.07, 6.45) is 5.89. The third-order valence-corrected chi connectivity index (χ3v) is 6.45. The van der Waals surface area contributed by atoms with E-state index in [4.69, 9.17) is 0 Å². The molecule has 1 fully saturated rings. The maximum atomic E-state index is 13.0. The fourth-order valence-corrected chi connectivity index (χ4v) is 4.57. The Kier molecular flexibility index (Phi) is 5.14. The molecule has 1 aliphatic carbocycles. The lowest BCUT2D eigenvalue weighted by Crippen LogP contribution is -2.38. The average molecular weight is 479 g/mol. The molecule has 2 aliphatic rings. The summed E-state index contributed by atoms with van der Waals surface area (Å²) in [5.41, 5.74) is 3.66. The van der Waals surface area contributed by atoms with Crippen LogP contribution in [-0.2, 0) is 4.79 Å². The van der Waals surface area contributed by atoms with Crippen LogP contribution in [0.2, 0.25) is 0 Å². The number of H-pyrrole nitrogens is 1. The highest BCUT2D eigenvalue weighted by Crippen LogP contribution is 2.35. The Morgan fingerprint density at radius 3 is 2.81 bits per heavy atom. The van der Waals surface area contributed by atoms with Crippen molar-refractivity contribution in [3.8, 4) is 0 Å². The number of fused-ring (bicyclic) bond motifs is 1. The molecule has 6 nitrogen and oxygen atoms in total. The number of nitrogens with one attached hydrogen (secondary N) is 2. The molecule has 2 aromatic heterocycles. The number of amides is 2. The van der Waals surface area contributed by atoms with E-state index in [0.717, 1.165) is 33.9 Å². The minimum atomic E-state index is 0.0300. The third-order valence-electron chi connectivity index (χ3n) is 5.95. The van der Waals surface area contributed by atoms with E-state index in [9.17, 15) is 9.59 Å². The largest absolute Gasteiger partial charge is 0.346 e. The number of halogens is 1. The lowest BCUT2D eigenvalue weighted by Gasteiger charge is -2.32. The van der Waals surface area contributed by atoms with Gasteiger partial charge in [-0.05, 0) is 60.2 Å². The molecule has 1 atom stereocenters. The highest BCUT2D eigenvalue weighted by atomic mass is 79.9. The molecule has 3 aromatic rings. The van der Waals surface area contributed by atoms with Crippen molar-refractivity contribution in [2.45, 2.75) is 19.8 Å². The van der Waals surface area contributed by atoms with Crippen molar-refractivity contribution in [3.63, 3.8) is 0 Å². The SMILES string of the molecule is C[C@@H]1CN(C(=O)c2cccc(Br)c2)CC=C1c1cc(NC(=O)C2CC2)nc2[nH]ccc12. The first kappa shape index (κ1) is 20.0. The van der Waals surface area contributed by atoms with Crippen molar-refractivity contribution in [1.29, 1.82) is 0 Å². The van der Waals surface area contributed by atoms with Crippen LogP contribution in [0, 0.1) is 11.8 Å². The molecule has 0 unspecified atom stereocenters. The van der Waals surface area contributed by atoms with Crippen molar-refractivity contribution in [1.82, 2.24) is 14.9 Å². The molecular formula is C24H23BrN4O2. The normalized spacial score (nSPS) is 18.7. The number of carbonyl (C=O) groups excluding carboxylic acids is 2. The van der Waals surface area contributed by atoms with Crippen molar-refractivity contribution in [3.05, 3.63) is 64.3 Å². The van der Waals surface area contributed by atoms with Crippen molar-refractivity contribution in [2.75, 3.05) is 18.4 Å². The molecule has 0 saturated heterocycles. The predicted molar refractivity (Wildman–Crippen MR) is 125 cm³/mol. The highest BCUT2D eigenvalue weighted by Gasteiger charge is 2.30. The van der Waals surface area contributed by atoms with Gasteiger partial charge < -0.3 is 15.2 Å². The minimum Gasteiger partial charge on any atom is -0.346 e. The van der Waals surface area contributed by atoms with Gasteiger partial charge in [-0.3, -0.25) is 9.59 Å². The van der Waals surface area contributed by atoms with E-state index in [1.807, 2.05) is 47.5 Å². The summed E-state index contributed by atoms with van der Waals surface area (Å²) in [7, 11) is 0. The zero-order chi connectivity index (χ0) is 21.5. The van der Waals surface area contributed by atoms with Crippen molar-refractivity contribution in [2.24, 2.45) is 11.8 Å². The van der Waals surface area contributed by atoms with E-state index in [-0.39, 0.29) is 23.7 Å². The second-order valence-electron chi connectivity index (χ2n) is 8.34. The first-order valence-electron chi connectivity index (χ1n) is 10.5. The fraction of sp³-hybridized carbons (Fsp3) is 0.292. The van der Waals surface area contributed by atoms with Crippen LogP contribution >= 0.6 is 15.9 Å². The smallest absolute Gasteiger partial charge is 0.254 e. The number of carbonyl (C=O) groups is 2. The third kappa shape index (κ3) is 4.02. The Morgan fingerprint density at radius 2 is 2.06 bits per heavy atom. The Balaban J connectivity index is 1.44. The molecule has 1 aromatic carbocycles. The Labute approximate surface area is 188 Å². The van der Waals surface area contributed by atoms with E-state index >= 15 is 0 Å². The summed E-state index contributed by atoms with van der Waals surface area (Å²) in [5.74, 6) is 0.915. The molecule has 5 rings (SSSR count). The molecule has 3 heterocycles. The Hall–Kier alpha value is -2.93. The van der Waals surface area contributed by atoms with Gasteiger partial charge in [-0.25, -0.2) is 4.98 Å². The summed E-state index contributed by atoms with van der Waals surface area (Å²) < 4.78 is 0.895. The number of aromatic nitrogens is 2. The molecule has 2 amide bonds. The number of nitrogens with zero attached hydrogens (tertiary/aromatic N) is 2. The fourth-order valence-electron chi connectivity index (χ4n) is 4.17. The van der Waals surface area contributed by atoms with Crippen LogP contribution in [0.1, 0.15) is 35.7 Å². The minimum absolute atomic E-state index is 0.0300. The van der Waals surface area contributed by atoms with Gasteiger partial charge in [0.1, 0.15) is 11.5 Å². The van der Waals surface area contributed by atoms with E-state index < -0.39 is 0 Å². The van der Waals surface area contributed by atoms with Gasteiger partial charge >= 0.3 is 0 Å². The summed E-state index contributed by atoms with van der Waals surface area (Å²) in [5, 5.41) is 3.99. The van der Waals surface area contributed by atoms with E-state index in [1.54, 1.807) is 0 Å². The summed E-state index contributed by atoms with van der Waals surface area (Å²) in [6, 6.07) is 11.5. The van der Waals surface area contributed by atoms with Gasteiger partial charge in [-0.1, -0.05) is 35.0 Å². The van der Waals surface area contributed by atoms with Crippen molar-refractivity contribution >= 4 is 50.2 Å². The van der Waals surface area contributed by atoms with Gasteiger partial charge in [0.05, 0.1) is 0 Å². The van der Waals surface area contributed by atoms with Crippen molar-refractivity contribution < 1.29 is 9.59 Å². The Morgan fingerprint density at radius 1 is 1.23 bits per heavy atom. The molecule has 7 heteroatoms. The highest BCUT2D eigenvalue weighted by molar-refractivity contribution is 9.10. The van der Waals surface area contributed by atoms with E-state index in [0.29, 0.717) is 24.5 Å².